The van der Waals surface area contributed by atoms with Gasteiger partial charge in [0, 0.05) is 12.6 Å². The number of benzene rings is 1. The van der Waals surface area contributed by atoms with Crippen molar-refractivity contribution in [2.24, 2.45) is 0 Å². The van der Waals surface area contributed by atoms with E-state index in [2.05, 4.69) is 4.90 Å². The van der Waals surface area contributed by atoms with Gasteiger partial charge < -0.3 is 14.6 Å². The monoisotopic (exact) mass is 265 g/mol. The lowest BCUT2D eigenvalue weighted by atomic mass is 10.2. The molecule has 0 amide bonds. The minimum absolute atomic E-state index is 0.246. The number of aliphatic hydroxyl groups is 1. The van der Waals surface area contributed by atoms with Crippen molar-refractivity contribution in [2.45, 2.75) is 25.8 Å². The smallest absolute Gasteiger partial charge is 0.161 e. The van der Waals surface area contributed by atoms with Gasteiger partial charge >= 0.3 is 0 Å². The van der Waals surface area contributed by atoms with Crippen molar-refractivity contribution in [3.63, 3.8) is 0 Å². The number of ether oxygens (including phenoxy) is 2. The zero-order chi connectivity index (χ0) is 13.5. The molecule has 1 heterocycles. The van der Waals surface area contributed by atoms with Crippen LogP contribution in [0.5, 0.6) is 11.5 Å². The Morgan fingerprint density at radius 1 is 1.26 bits per heavy atom. The molecule has 2 rings (SSSR count). The lowest BCUT2D eigenvalue weighted by Gasteiger charge is -2.22. The fraction of sp³-hybridized carbons (Fsp3) is 0.600. The molecule has 0 unspecified atom stereocenters. The lowest BCUT2D eigenvalue weighted by molar-refractivity contribution is 0.138. The van der Waals surface area contributed by atoms with E-state index in [1.165, 1.54) is 6.42 Å². The first kappa shape index (κ1) is 14.2. The minimum atomic E-state index is 0.246. The number of nitrogens with zero attached hydrogens (tertiary/aromatic N) is 1. The van der Waals surface area contributed by atoms with Gasteiger partial charge in [0.1, 0.15) is 6.61 Å². The van der Waals surface area contributed by atoms with E-state index < -0.39 is 0 Å². The fourth-order valence-electron chi connectivity index (χ4n) is 2.51. The highest BCUT2D eigenvalue weighted by molar-refractivity contribution is 5.39. The summed E-state index contributed by atoms with van der Waals surface area (Å²) in [4.78, 5) is 2.29. The molecule has 1 N–H and O–H groups in total. The van der Waals surface area contributed by atoms with Crippen molar-refractivity contribution < 1.29 is 14.6 Å². The molecule has 1 fully saturated rings. The van der Waals surface area contributed by atoms with Gasteiger partial charge in [0.25, 0.3) is 0 Å². The van der Waals surface area contributed by atoms with Crippen LogP contribution in [0.15, 0.2) is 24.3 Å². The van der Waals surface area contributed by atoms with E-state index >= 15 is 0 Å². The van der Waals surface area contributed by atoms with E-state index in [-0.39, 0.29) is 6.61 Å². The molecule has 1 aliphatic rings. The molecule has 1 aromatic rings. The van der Waals surface area contributed by atoms with Gasteiger partial charge in [-0.1, -0.05) is 12.1 Å². The van der Waals surface area contributed by atoms with Gasteiger partial charge in [-0.05, 0) is 38.4 Å². The predicted molar refractivity (Wildman–Crippen MR) is 74.8 cm³/mol. The van der Waals surface area contributed by atoms with Crippen LogP contribution in [0.2, 0.25) is 0 Å². The van der Waals surface area contributed by atoms with Gasteiger partial charge in [-0.15, -0.1) is 0 Å². The maximum Gasteiger partial charge on any atom is 0.161 e. The largest absolute Gasteiger partial charge is 0.490 e. The fourth-order valence-corrected chi connectivity index (χ4v) is 2.51. The van der Waals surface area contributed by atoms with Gasteiger partial charge in [0.15, 0.2) is 11.5 Å². The van der Waals surface area contributed by atoms with Gasteiger partial charge in [0.05, 0.1) is 13.2 Å². The summed E-state index contributed by atoms with van der Waals surface area (Å²) in [6.07, 6.45) is 2.26. The maximum atomic E-state index is 9.26. The second-order valence-electron chi connectivity index (χ2n) is 4.74. The third kappa shape index (κ3) is 3.85. The molecular weight excluding hydrogens is 242 g/mol. The van der Waals surface area contributed by atoms with Crippen molar-refractivity contribution in [1.82, 2.24) is 4.90 Å². The quantitative estimate of drug-likeness (QED) is 0.818. The Labute approximate surface area is 114 Å². The van der Waals surface area contributed by atoms with Crippen LogP contribution in [-0.4, -0.2) is 49.0 Å². The van der Waals surface area contributed by atoms with Crippen molar-refractivity contribution in [3.05, 3.63) is 24.3 Å². The summed E-state index contributed by atoms with van der Waals surface area (Å²) in [7, 11) is 0. The van der Waals surface area contributed by atoms with Crippen LogP contribution in [0.1, 0.15) is 19.8 Å². The molecule has 1 atom stereocenters. The summed E-state index contributed by atoms with van der Waals surface area (Å²) < 4.78 is 11.3. The van der Waals surface area contributed by atoms with Crippen molar-refractivity contribution in [1.29, 1.82) is 0 Å². The van der Waals surface area contributed by atoms with E-state index in [9.17, 15) is 5.11 Å². The minimum Gasteiger partial charge on any atom is -0.490 e. The summed E-state index contributed by atoms with van der Waals surface area (Å²) in [6.45, 7) is 5.38. The van der Waals surface area contributed by atoms with Gasteiger partial charge in [0.2, 0.25) is 0 Å². The van der Waals surface area contributed by atoms with Crippen molar-refractivity contribution in [2.75, 3.05) is 32.9 Å². The highest BCUT2D eigenvalue weighted by Gasteiger charge is 2.23. The van der Waals surface area contributed by atoms with E-state index in [0.29, 0.717) is 19.3 Å². The summed E-state index contributed by atoms with van der Waals surface area (Å²) in [5.74, 6) is 1.59. The molecule has 1 saturated heterocycles. The molecule has 0 aliphatic carbocycles. The van der Waals surface area contributed by atoms with Gasteiger partial charge in [-0.25, -0.2) is 0 Å². The third-order valence-electron chi connectivity index (χ3n) is 3.49. The first-order chi connectivity index (χ1) is 9.35. The first-order valence-electron chi connectivity index (χ1n) is 7.04. The summed E-state index contributed by atoms with van der Waals surface area (Å²) in [5, 5.41) is 9.26. The Morgan fingerprint density at radius 3 is 2.68 bits per heavy atom. The van der Waals surface area contributed by atoms with Crippen LogP contribution in [0.25, 0.3) is 0 Å². The number of para-hydroxylation sites is 2. The average molecular weight is 265 g/mol. The van der Waals surface area contributed by atoms with Crippen LogP contribution in [0, 0.1) is 0 Å². The SMILES string of the molecule is CCOc1ccccc1OCCN1CCC[C@@H]1CO. The topological polar surface area (TPSA) is 41.9 Å². The number of hydrogen-bond donors (Lipinski definition) is 1. The zero-order valence-electron chi connectivity index (χ0n) is 11.5. The maximum absolute atomic E-state index is 9.26. The Kier molecular flexibility index (Phi) is 5.48. The van der Waals surface area contributed by atoms with Gasteiger partial charge in [-0.3, -0.25) is 4.90 Å². The highest BCUT2D eigenvalue weighted by atomic mass is 16.5. The highest BCUT2D eigenvalue weighted by Crippen LogP contribution is 2.26. The molecule has 4 heteroatoms. The summed E-state index contributed by atoms with van der Waals surface area (Å²) in [6, 6.07) is 8.05. The van der Waals surface area contributed by atoms with E-state index in [0.717, 1.165) is 31.0 Å². The average Bonchev–Trinajstić information content (AvgIpc) is 2.88. The van der Waals surface area contributed by atoms with Crippen LogP contribution < -0.4 is 9.47 Å². The molecule has 0 bridgehead atoms. The molecule has 0 radical (unpaired) electrons. The molecule has 1 aromatic carbocycles. The molecule has 1 aliphatic heterocycles. The van der Waals surface area contributed by atoms with Crippen LogP contribution in [-0.2, 0) is 0 Å². The van der Waals surface area contributed by atoms with E-state index in [1.54, 1.807) is 0 Å². The van der Waals surface area contributed by atoms with Crippen molar-refractivity contribution >= 4 is 0 Å². The summed E-state index contributed by atoms with van der Waals surface area (Å²) >= 11 is 0. The van der Waals surface area contributed by atoms with Crippen LogP contribution in [0.4, 0.5) is 0 Å². The number of aliphatic hydroxyl groups excluding tert-OH is 1. The summed E-state index contributed by atoms with van der Waals surface area (Å²) in [5.41, 5.74) is 0. The molecule has 0 saturated carbocycles. The lowest BCUT2D eigenvalue weighted by Crippen LogP contribution is -2.35. The molecular formula is C15H23NO3. The van der Waals surface area contributed by atoms with Crippen LogP contribution in [0.3, 0.4) is 0 Å². The van der Waals surface area contributed by atoms with Crippen LogP contribution >= 0.6 is 0 Å². The van der Waals surface area contributed by atoms with Gasteiger partial charge in [-0.2, -0.15) is 0 Å². The molecule has 0 aromatic heterocycles. The normalized spacial score (nSPS) is 19.6. The number of likely N-dealkylation sites (tertiary alicyclic amines) is 1. The number of hydrogen-bond acceptors (Lipinski definition) is 4. The standard InChI is InChI=1S/C15H23NO3/c1-2-18-14-7-3-4-8-15(14)19-11-10-16-9-5-6-13(16)12-17/h3-4,7-8,13,17H,2,5-6,9-12H2,1H3/t13-/m1/s1. The van der Waals surface area contributed by atoms with E-state index in [4.69, 9.17) is 9.47 Å². The Hall–Kier alpha value is -1.26. The van der Waals surface area contributed by atoms with E-state index in [1.807, 2.05) is 31.2 Å². The third-order valence-corrected chi connectivity index (χ3v) is 3.49. The van der Waals surface area contributed by atoms with Crippen molar-refractivity contribution in [3.8, 4) is 11.5 Å². The zero-order valence-corrected chi connectivity index (χ0v) is 11.5. The Morgan fingerprint density at radius 2 is 2.00 bits per heavy atom. The second kappa shape index (κ2) is 7.36. The number of rotatable bonds is 7. The first-order valence-corrected chi connectivity index (χ1v) is 7.04. The molecule has 0 spiro atoms. The predicted octanol–water partition coefficient (Wildman–Crippen LogP) is 1.92. The molecule has 4 nitrogen and oxygen atoms in total. The Balaban J connectivity index is 1.82. The molecule has 19 heavy (non-hydrogen) atoms. The molecule has 106 valence electrons. The Bertz CT molecular complexity index is 383. The second-order valence-corrected chi connectivity index (χ2v) is 4.74.